The molecule has 0 saturated heterocycles. The van der Waals surface area contributed by atoms with Crippen molar-refractivity contribution in [2.24, 2.45) is 0 Å². The van der Waals surface area contributed by atoms with Crippen LogP contribution >= 0.6 is 0 Å². The third kappa shape index (κ3) is 5.32. The van der Waals surface area contributed by atoms with Crippen molar-refractivity contribution in [1.82, 2.24) is 0 Å². The van der Waals surface area contributed by atoms with Gasteiger partial charge in [0.15, 0.2) is 0 Å². The molecule has 0 heterocycles. The second-order valence-corrected chi connectivity index (χ2v) is 4.83. The Balaban J connectivity index is 2.41. The van der Waals surface area contributed by atoms with E-state index in [1.807, 2.05) is 0 Å². The molecule has 0 atom stereocenters. The topological polar surface area (TPSA) is 104 Å². The lowest BCUT2D eigenvalue weighted by atomic mass is 10.2. The first kappa shape index (κ1) is 13.5. The highest BCUT2D eigenvalue weighted by molar-refractivity contribution is 7.85. The Bertz CT molecular complexity index is 493. The molecule has 94 valence electrons. The molecule has 0 fully saturated rings. The predicted molar refractivity (Wildman–Crippen MR) is 57.6 cm³/mol. The molecular formula is C10H11O6S-. The van der Waals surface area contributed by atoms with Crippen molar-refractivity contribution in [3.8, 4) is 5.75 Å². The van der Waals surface area contributed by atoms with Crippen LogP contribution < -0.4 is 0 Å². The monoisotopic (exact) mass is 259 g/mol. The summed E-state index contributed by atoms with van der Waals surface area (Å²) in [7, 11) is -4.27. The molecule has 1 aromatic carbocycles. The number of phenols is 1. The molecule has 0 unspecified atom stereocenters. The number of hydrogen-bond donors (Lipinski definition) is 1. The number of esters is 1. The Morgan fingerprint density at radius 1 is 1.41 bits per heavy atom. The summed E-state index contributed by atoms with van der Waals surface area (Å²) in [5.41, 5.74) is 0.162. The number of phenolic OH excluding ortho intramolecular Hbond substituents is 1. The molecule has 0 aromatic heterocycles. The minimum Gasteiger partial charge on any atom is -0.748 e. The number of rotatable bonds is 5. The fraction of sp³-hybridized carbons (Fsp3) is 0.300. The molecule has 17 heavy (non-hydrogen) atoms. The van der Waals surface area contributed by atoms with Crippen LogP contribution in [0.2, 0.25) is 0 Å². The van der Waals surface area contributed by atoms with E-state index in [0.29, 0.717) is 0 Å². The van der Waals surface area contributed by atoms with Crippen molar-refractivity contribution < 1.29 is 27.6 Å². The van der Waals surface area contributed by atoms with Gasteiger partial charge in [0, 0.05) is 5.75 Å². The van der Waals surface area contributed by atoms with Gasteiger partial charge in [-0.15, -0.1) is 0 Å². The second-order valence-electron chi connectivity index (χ2n) is 3.30. The van der Waals surface area contributed by atoms with E-state index >= 15 is 0 Å². The number of ether oxygens (including phenoxy) is 1. The minimum absolute atomic E-state index is 0.0452. The summed E-state index contributed by atoms with van der Waals surface area (Å²) in [5, 5.41) is 9.11. The normalized spacial score (nSPS) is 11.1. The largest absolute Gasteiger partial charge is 0.748 e. The standard InChI is InChI=1S/C10H12O6S/c11-9-4-1-3-8(7-9)10(12)16-5-2-6-17(13,14)15/h1,3-4,7,11H,2,5-6H2,(H,13,14,15)/p-1. The predicted octanol–water partition coefficient (Wildman–Crippen LogP) is 0.484. The van der Waals surface area contributed by atoms with Crippen LogP contribution in [0.25, 0.3) is 0 Å². The van der Waals surface area contributed by atoms with Crippen LogP contribution in [-0.4, -0.2) is 36.4 Å². The van der Waals surface area contributed by atoms with Crippen LogP contribution in [-0.2, 0) is 14.9 Å². The van der Waals surface area contributed by atoms with E-state index in [4.69, 9.17) is 9.84 Å². The molecule has 0 aliphatic heterocycles. The lowest BCUT2D eigenvalue weighted by Gasteiger charge is -2.07. The van der Waals surface area contributed by atoms with Gasteiger partial charge in [-0.2, -0.15) is 0 Å². The Morgan fingerprint density at radius 3 is 2.71 bits per heavy atom. The number of carbonyl (C=O) groups excluding carboxylic acids is 1. The summed E-state index contributed by atoms with van der Waals surface area (Å²) in [4.78, 5) is 11.4. The Labute approximate surface area is 98.6 Å². The third-order valence-corrected chi connectivity index (χ3v) is 2.64. The van der Waals surface area contributed by atoms with Crippen molar-refractivity contribution in [3.63, 3.8) is 0 Å². The maximum atomic E-state index is 11.4. The van der Waals surface area contributed by atoms with E-state index in [1.165, 1.54) is 24.3 Å². The average molecular weight is 259 g/mol. The van der Waals surface area contributed by atoms with Crippen molar-refractivity contribution in [2.45, 2.75) is 6.42 Å². The van der Waals surface area contributed by atoms with Crippen LogP contribution in [0.1, 0.15) is 16.8 Å². The van der Waals surface area contributed by atoms with E-state index in [2.05, 4.69) is 0 Å². The summed E-state index contributed by atoms with van der Waals surface area (Å²) in [6, 6.07) is 5.56. The molecule has 0 saturated carbocycles. The fourth-order valence-electron chi connectivity index (χ4n) is 1.12. The van der Waals surface area contributed by atoms with Crippen molar-refractivity contribution in [2.75, 3.05) is 12.4 Å². The number of carbonyl (C=O) groups is 1. The molecule has 0 amide bonds. The SMILES string of the molecule is O=C(OCCCS(=O)(=O)[O-])c1cccc(O)c1. The number of hydrogen-bond acceptors (Lipinski definition) is 6. The summed E-state index contributed by atoms with van der Waals surface area (Å²) < 4.78 is 35.5. The van der Waals surface area contributed by atoms with Gasteiger partial charge in [-0.1, -0.05) is 6.07 Å². The molecule has 6 nitrogen and oxygen atoms in total. The zero-order valence-corrected chi connectivity index (χ0v) is 9.64. The number of aromatic hydroxyl groups is 1. The zero-order chi connectivity index (χ0) is 12.9. The quantitative estimate of drug-likeness (QED) is 0.468. The lowest BCUT2D eigenvalue weighted by Crippen LogP contribution is -2.11. The van der Waals surface area contributed by atoms with Crippen molar-refractivity contribution >= 4 is 16.1 Å². The van der Waals surface area contributed by atoms with Gasteiger partial charge in [0.1, 0.15) is 5.75 Å². The third-order valence-electron chi connectivity index (χ3n) is 1.85. The molecule has 0 spiro atoms. The molecule has 0 bridgehead atoms. The van der Waals surface area contributed by atoms with Gasteiger partial charge < -0.3 is 14.4 Å². The van der Waals surface area contributed by atoms with Gasteiger partial charge in [0.2, 0.25) is 0 Å². The van der Waals surface area contributed by atoms with Gasteiger partial charge in [-0.3, -0.25) is 0 Å². The van der Waals surface area contributed by atoms with Crippen LogP contribution in [0.3, 0.4) is 0 Å². The van der Waals surface area contributed by atoms with E-state index < -0.39 is 21.8 Å². The Hall–Kier alpha value is -1.60. The van der Waals surface area contributed by atoms with E-state index in [9.17, 15) is 17.8 Å². The average Bonchev–Trinajstić information content (AvgIpc) is 2.23. The van der Waals surface area contributed by atoms with Gasteiger partial charge in [0.25, 0.3) is 0 Å². The van der Waals surface area contributed by atoms with E-state index in [1.54, 1.807) is 0 Å². The first-order valence-electron chi connectivity index (χ1n) is 4.78. The Kier molecular flexibility index (Phi) is 4.47. The number of benzene rings is 1. The van der Waals surface area contributed by atoms with Gasteiger partial charge >= 0.3 is 5.97 Å². The van der Waals surface area contributed by atoms with Crippen molar-refractivity contribution in [3.05, 3.63) is 29.8 Å². The molecule has 1 rings (SSSR count). The highest BCUT2D eigenvalue weighted by atomic mass is 32.2. The first-order chi connectivity index (χ1) is 7.88. The maximum Gasteiger partial charge on any atom is 0.338 e. The second kappa shape index (κ2) is 5.65. The zero-order valence-electron chi connectivity index (χ0n) is 8.83. The van der Waals surface area contributed by atoms with Crippen LogP contribution in [0.5, 0.6) is 5.75 Å². The van der Waals surface area contributed by atoms with Gasteiger partial charge in [-0.25, -0.2) is 13.2 Å². The van der Waals surface area contributed by atoms with Crippen LogP contribution in [0.4, 0.5) is 0 Å². The van der Waals surface area contributed by atoms with Gasteiger partial charge in [-0.05, 0) is 24.6 Å². The van der Waals surface area contributed by atoms with Crippen molar-refractivity contribution in [1.29, 1.82) is 0 Å². The molecule has 1 aromatic rings. The minimum atomic E-state index is -4.27. The molecule has 1 N–H and O–H groups in total. The summed E-state index contributed by atoms with van der Waals surface area (Å²) in [5.74, 6) is -1.31. The molecule has 0 radical (unpaired) electrons. The highest BCUT2D eigenvalue weighted by Gasteiger charge is 2.07. The maximum absolute atomic E-state index is 11.4. The highest BCUT2D eigenvalue weighted by Crippen LogP contribution is 2.11. The Morgan fingerprint density at radius 2 is 2.12 bits per heavy atom. The smallest absolute Gasteiger partial charge is 0.338 e. The van der Waals surface area contributed by atoms with E-state index in [0.717, 1.165) is 0 Å². The molecule has 0 aliphatic carbocycles. The molecule has 0 aliphatic rings. The van der Waals surface area contributed by atoms with Gasteiger partial charge in [0.05, 0.1) is 22.3 Å². The molecule has 7 heteroatoms. The fourth-order valence-corrected chi connectivity index (χ4v) is 1.59. The van der Waals surface area contributed by atoms with Crippen LogP contribution in [0.15, 0.2) is 24.3 Å². The summed E-state index contributed by atoms with van der Waals surface area (Å²) in [6.07, 6.45) is -0.0452. The summed E-state index contributed by atoms with van der Waals surface area (Å²) >= 11 is 0. The summed E-state index contributed by atoms with van der Waals surface area (Å²) in [6.45, 7) is -0.157. The van der Waals surface area contributed by atoms with E-state index in [-0.39, 0.29) is 24.3 Å². The first-order valence-corrected chi connectivity index (χ1v) is 6.36. The molecular weight excluding hydrogens is 248 g/mol. The lowest BCUT2D eigenvalue weighted by molar-refractivity contribution is 0.0504. The van der Waals surface area contributed by atoms with Crippen LogP contribution in [0, 0.1) is 0 Å².